The molecule has 33 heavy (non-hydrogen) atoms. The average Bonchev–Trinajstić information content (AvgIpc) is 2.79. The van der Waals surface area contributed by atoms with Crippen LogP contribution >= 0.6 is 0 Å². The van der Waals surface area contributed by atoms with Crippen LogP contribution in [0.2, 0.25) is 0 Å². The summed E-state index contributed by atoms with van der Waals surface area (Å²) in [4.78, 5) is 12.7. The van der Waals surface area contributed by atoms with E-state index >= 15 is 0 Å². The van der Waals surface area contributed by atoms with Crippen molar-refractivity contribution >= 4 is 25.9 Å². The van der Waals surface area contributed by atoms with Crippen molar-refractivity contribution in [2.45, 2.75) is 30.1 Å². The van der Waals surface area contributed by atoms with Crippen LogP contribution in [0.1, 0.15) is 27.9 Å². The van der Waals surface area contributed by atoms with Gasteiger partial charge >= 0.3 is 10.1 Å². The maximum atomic E-state index is 12.6. The number of rotatable bonds is 9. The molecule has 0 heterocycles. The summed E-state index contributed by atoms with van der Waals surface area (Å²) in [5, 5.41) is 2.67. The zero-order valence-corrected chi connectivity index (χ0v) is 19.9. The van der Waals surface area contributed by atoms with Crippen molar-refractivity contribution in [2.24, 2.45) is 0 Å². The topological polar surface area (TPSA) is 107 Å². The third kappa shape index (κ3) is 6.43. The maximum Gasteiger partial charge on any atom is 0.339 e. The molecular formula is C24H25NO6S2. The fourth-order valence-electron chi connectivity index (χ4n) is 3.12. The highest BCUT2D eigenvalue weighted by molar-refractivity contribution is 7.91. The summed E-state index contributed by atoms with van der Waals surface area (Å²) in [6.45, 7) is 3.67. The van der Waals surface area contributed by atoms with Crippen LogP contribution in [0.25, 0.3) is 0 Å². The summed E-state index contributed by atoms with van der Waals surface area (Å²) in [7, 11) is -7.41. The predicted octanol–water partition coefficient (Wildman–Crippen LogP) is 3.66. The maximum absolute atomic E-state index is 12.6. The first-order chi connectivity index (χ1) is 15.6. The summed E-state index contributed by atoms with van der Waals surface area (Å²) >= 11 is 0. The van der Waals surface area contributed by atoms with Gasteiger partial charge in [0.2, 0.25) is 0 Å². The highest BCUT2D eigenvalue weighted by Gasteiger charge is 2.20. The second kappa shape index (κ2) is 10.2. The van der Waals surface area contributed by atoms with Crippen molar-refractivity contribution in [1.29, 1.82) is 0 Å². The number of nitrogens with one attached hydrogen (secondary N) is 1. The van der Waals surface area contributed by atoms with Crippen molar-refractivity contribution < 1.29 is 25.8 Å². The fraction of sp³-hybridized carbons (Fsp3) is 0.208. The first-order valence-corrected chi connectivity index (χ1v) is 13.3. The minimum atomic E-state index is -4.01. The molecule has 174 valence electrons. The molecule has 0 radical (unpaired) electrons. The van der Waals surface area contributed by atoms with Crippen LogP contribution in [0.5, 0.6) is 5.75 Å². The quantitative estimate of drug-likeness (QED) is 0.365. The van der Waals surface area contributed by atoms with E-state index in [2.05, 4.69) is 5.32 Å². The first-order valence-electron chi connectivity index (χ1n) is 10.3. The number of aryl methyl sites for hydroxylation is 2. The number of hydrogen-bond acceptors (Lipinski definition) is 6. The average molecular weight is 488 g/mol. The van der Waals surface area contributed by atoms with E-state index in [4.69, 9.17) is 4.18 Å². The van der Waals surface area contributed by atoms with Gasteiger partial charge in [-0.3, -0.25) is 4.79 Å². The van der Waals surface area contributed by atoms with Gasteiger partial charge in [0.1, 0.15) is 10.6 Å². The van der Waals surface area contributed by atoms with Crippen molar-refractivity contribution in [3.63, 3.8) is 0 Å². The van der Waals surface area contributed by atoms with Crippen molar-refractivity contribution in [3.05, 3.63) is 89.5 Å². The molecule has 0 aromatic heterocycles. The molecule has 0 aliphatic carbocycles. The third-order valence-electron chi connectivity index (χ3n) is 4.91. The Morgan fingerprint density at radius 2 is 1.55 bits per heavy atom. The molecule has 0 bridgehead atoms. The summed E-state index contributed by atoms with van der Waals surface area (Å²) in [5.74, 6) is -0.391. The molecule has 0 saturated heterocycles. The standard InChI is InChI=1S/C24H25NO6S2/c1-18-9-10-19(2)23(17-18)33(29,30)31-21-13-11-20(12-14-21)24(26)25-15-6-16-32(27,28)22-7-4-3-5-8-22/h3-5,7-14,17H,6,15-16H2,1-2H3,(H,25,26). The van der Waals surface area contributed by atoms with Gasteiger partial charge in [-0.15, -0.1) is 0 Å². The Bertz CT molecular complexity index is 1330. The molecule has 7 nitrogen and oxygen atoms in total. The Hall–Kier alpha value is -3.17. The lowest BCUT2D eigenvalue weighted by atomic mass is 10.2. The molecule has 0 saturated carbocycles. The molecule has 0 spiro atoms. The first kappa shape index (κ1) is 24.5. The van der Waals surface area contributed by atoms with Gasteiger partial charge in [-0.25, -0.2) is 8.42 Å². The zero-order valence-electron chi connectivity index (χ0n) is 18.3. The minimum Gasteiger partial charge on any atom is -0.379 e. The van der Waals surface area contributed by atoms with E-state index in [1.807, 2.05) is 6.07 Å². The Labute approximate surface area is 194 Å². The molecule has 0 atom stereocenters. The molecular weight excluding hydrogens is 462 g/mol. The third-order valence-corrected chi connectivity index (χ3v) is 8.12. The van der Waals surface area contributed by atoms with Crippen molar-refractivity contribution in [1.82, 2.24) is 5.32 Å². The van der Waals surface area contributed by atoms with Gasteiger partial charge in [-0.1, -0.05) is 30.3 Å². The summed E-state index contributed by atoms with van der Waals surface area (Å²) < 4.78 is 54.9. The van der Waals surface area contributed by atoms with Crippen LogP contribution in [0.3, 0.4) is 0 Å². The molecule has 0 aliphatic heterocycles. The number of benzene rings is 3. The monoisotopic (exact) mass is 487 g/mol. The van der Waals surface area contributed by atoms with Crippen LogP contribution in [0.4, 0.5) is 0 Å². The fourth-order valence-corrected chi connectivity index (χ4v) is 5.70. The van der Waals surface area contributed by atoms with Gasteiger partial charge in [0.15, 0.2) is 9.84 Å². The normalized spacial score (nSPS) is 11.7. The molecule has 9 heteroatoms. The van der Waals surface area contributed by atoms with Crippen LogP contribution in [0, 0.1) is 13.8 Å². The number of carbonyl (C=O) groups excluding carboxylic acids is 1. The molecule has 0 fully saturated rings. The molecule has 3 aromatic carbocycles. The molecule has 0 unspecified atom stereocenters. The van der Waals surface area contributed by atoms with Gasteiger partial charge in [0, 0.05) is 12.1 Å². The van der Waals surface area contributed by atoms with E-state index in [1.54, 1.807) is 44.2 Å². The highest BCUT2D eigenvalue weighted by Crippen LogP contribution is 2.22. The molecule has 1 amide bonds. The number of amides is 1. The Morgan fingerprint density at radius 3 is 2.21 bits per heavy atom. The molecule has 1 N–H and O–H groups in total. The van der Waals surface area contributed by atoms with E-state index < -0.39 is 25.9 Å². The number of carbonyl (C=O) groups is 1. The smallest absolute Gasteiger partial charge is 0.339 e. The number of sulfone groups is 1. The highest BCUT2D eigenvalue weighted by atomic mass is 32.2. The van der Waals surface area contributed by atoms with E-state index in [0.29, 0.717) is 11.1 Å². The molecule has 3 rings (SSSR count). The SMILES string of the molecule is Cc1ccc(C)c(S(=O)(=O)Oc2ccc(C(=O)NCCCS(=O)(=O)c3ccccc3)cc2)c1. The second-order valence-electron chi connectivity index (χ2n) is 7.57. The van der Waals surface area contributed by atoms with Crippen LogP contribution in [0.15, 0.2) is 82.6 Å². The molecule has 0 aliphatic rings. The van der Waals surface area contributed by atoms with E-state index in [9.17, 15) is 21.6 Å². The van der Waals surface area contributed by atoms with E-state index in [-0.39, 0.29) is 34.3 Å². The van der Waals surface area contributed by atoms with E-state index in [0.717, 1.165) is 5.56 Å². The second-order valence-corrected chi connectivity index (χ2v) is 11.2. The van der Waals surface area contributed by atoms with Crippen LogP contribution in [-0.2, 0) is 20.0 Å². The number of hydrogen-bond donors (Lipinski definition) is 1. The Balaban J connectivity index is 1.55. The lowest BCUT2D eigenvalue weighted by Gasteiger charge is -2.11. The van der Waals surface area contributed by atoms with Gasteiger partial charge in [0.05, 0.1) is 10.6 Å². The van der Waals surface area contributed by atoms with Crippen LogP contribution < -0.4 is 9.50 Å². The Kier molecular flexibility index (Phi) is 7.55. The minimum absolute atomic E-state index is 0.0830. The van der Waals surface area contributed by atoms with Gasteiger partial charge in [-0.05, 0) is 73.9 Å². The zero-order chi connectivity index (χ0) is 24.1. The van der Waals surface area contributed by atoms with Crippen molar-refractivity contribution in [3.8, 4) is 5.75 Å². The molecule has 3 aromatic rings. The lowest BCUT2D eigenvalue weighted by molar-refractivity contribution is 0.0953. The lowest BCUT2D eigenvalue weighted by Crippen LogP contribution is -2.26. The summed E-state index contributed by atoms with van der Waals surface area (Å²) in [6.07, 6.45) is 0.262. The van der Waals surface area contributed by atoms with Gasteiger partial charge < -0.3 is 9.50 Å². The largest absolute Gasteiger partial charge is 0.379 e. The van der Waals surface area contributed by atoms with Gasteiger partial charge in [-0.2, -0.15) is 8.42 Å². The summed E-state index contributed by atoms with van der Waals surface area (Å²) in [6, 6.07) is 18.9. The van der Waals surface area contributed by atoms with Crippen molar-refractivity contribution in [2.75, 3.05) is 12.3 Å². The van der Waals surface area contributed by atoms with E-state index in [1.165, 1.54) is 36.4 Å². The summed E-state index contributed by atoms with van der Waals surface area (Å²) in [5.41, 5.74) is 1.68. The predicted molar refractivity (Wildman–Crippen MR) is 126 cm³/mol. The van der Waals surface area contributed by atoms with Crippen LogP contribution in [-0.4, -0.2) is 35.0 Å². The van der Waals surface area contributed by atoms with Gasteiger partial charge in [0.25, 0.3) is 5.91 Å². The Morgan fingerprint density at radius 1 is 0.879 bits per heavy atom.